The fraction of sp³-hybridized carbons (Fsp3) is 0.455. The van der Waals surface area contributed by atoms with Gasteiger partial charge in [-0.3, -0.25) is 9.59 Å². The Morgan fingerprint density at radius 2 is 0.750 bits per heavy atom. The molecule has 0 fully saturated rings. The van der Waals surface area contributed by atoms with E-state index in [1.807, 2.05) is 0 Å². The van der Waals surface area contributed by atoms with Crippen LogP contribution in [0.3, 0.4) is 0 Å². The van der Waals surface area contributed by atoms with E-state index < -0.39 is 36.6 Å². The average Bonchev–Trinajstić information content (AvgIpc) is 3.85. The second kappa shape index (κ2) is 30.6. The van der Waals surface area contributed by atoms with Crippen LogP contribution in [0.5, 0.6) is 0 Å². The number of carboxylic acid groups (broad SMARTS) is 4. The van der Waals surface area contributed by atoms with Crippen LogP contribution in [0.4, 0.5) is 52.7 Å². The first-order valence-corrected chi connectivity index (χ1v) is 20.1. The van der Waals surface area contributed by atoms with Gasteiger partial charge in [0.05, 0.1) is 0 Å². The summed E-state index contributed by atoms with van der Waals surface area (Å²) in [7, 11) is 0. The predicted molar refractivity (Wildman–Crippen MR) is 229 cm³/mol. The van der Waals surface area contributed by atoms with Gasteiger partial charge in [-0.2, -0.15) is 52.7 Å². The van der Waals surface area contributed by atoms with E-state index >= 15 is 0 Å². The SMILES string of the molecule is C.FC(F)(F)C(F)(F)F.O=C(O)C(F)(F)F.O=C(O)C(F)(F)F.O=CO.O=CO.c1cc2c3c(cc(CNCCCNCCCNCCCNCc4cc5c6c(cccc6c4)CC5)cc3c1)CC2. The lowest BCUT2D eigenvalue weighted by Crippen LogP contribution is -2.30. The first-order valence-electron chi connectivity index (χ1n) is 20.1. The molecule has 24 heteroatoms. The highest BCUT2D eigenvalue weighted by atomic mass is 19.5. The molecule has 8 N–H and O–H groups in total. The summed E-state index contributed by atoms with van der Waals surface area (Å²) >= 11 is 0. The average molecular weight is 995 g/mol. The number of hydrogen-bond donors (Lipinski definition) is 8. The van der Waals surface area contributed by atoms with E-state index in [1.165, 1.54) is 88.7 Å². The van der Waals surface area contributed by atoms with Crippen molar-refractivity contribution >= 4 is 46.4 Å². The van der Waals surface area contributed by atoms with Crippen molar-refractivity contribution in [1.82, 2.24) is 21.3 Å². The van der Waals surface area contributed by atoms with Crippen LogP contribution in [0, 0.1) is 0 Å². The maximum absolute atomic E-state index is 10.6. The Labute approximate surface area is 383 Å². The number of aryl methyl sites for hydroxylation is 4. The molecule has 0 bridgehead atoms. The normalized spacial score (nSPS) is 12.2. The lowest BCUT2D eigenvalue weighted by atomic mass is 10.0. The maximum atomic E-state index is 10.6. The zero-order valence-corrected chi connectivity index (χ0v) is 35.5. The largest absolute Gasteiger partial charge is 0.490 e. The first-order chi connectivity index (χ1) is 31.3. The van der Waals surface area contributed by atoms with Crippen molar-refractivity contribution in [3.05, 3.63) is 94.0 Å². The molecule has 0 unspecified atom stereocenters. The molecular formula is C44H54F12N4O8. The molecule has 382 valence electrons. The number of alkyl halides is 12. The van der Waals surface area contributed by atoms with Gasteiger partial charge in [0.2, 0.25) is 0 Å². The molecule has 0 heterocycles. The Morgan fingerprint density at radius 1 is 0.485 bits per heavy atom. The highest BCUT2D eigenvalue weighted by Gasteiger charge is 2.58. The fourth-order valence-corrected chi connectivity index (χ4v) is 6.62. The predicted octanol–water partition coefficient (Wildman–Crippen LogP) is 8.83. The number of halogens is 12. The molecule has 0 atom stereocenters. The summed E-state index contributed by atoms with van der Waals surface area (Å²) in [4.78, 5) is 34.5. The third-order valence-corrected chi connectivity index (χ3v) is 9.32. The Kier molecular flexibility index (Phi) is 28.0. The molecule has 2 aliphatic rings. The van der Waals surface area contributed by atoms with Crippen molar-refractivity contribution in [2.75, 3.05) is 39.3 Å². The van der Waals surface area contributed by atoms with Crippen LogP contribution in [-0.4, -0.2) is 109 Å². The summed E-state index contributed by atoms with van der Waals surface area (Å²) in [6.07, 6.45) is -14.0. The van der Waals surface area contributed by atoms with Crippen LogP contribution in [-0.2, 0) is 58.0 Å². The van der Waals surface area contributed by atoms with Gasteiger partial charge in [-0.25, -0.2) is 9.59 Å². The van der Waals surface area contributed by atoms with Crippen LogP contribution in [0.1, 0.15) is 60.1 Å². The number of rotatable bonds is 16. The minimum absolute atomic E-state index is 0. The smallest absolute Gasteiger partial charge is 0.483 e. The second-order valence-electron chi connectivity index (χ2n) is 14.3. The lowest BCUT2D eigenvalue weighted by molar-refractivity contribution is -0.339. The summed E-state index contributed by atoms with van der Waals surface area (Å²) in [5, 5.41) is 48.4. The van der Waals surface area contributed by atoms with E-state index in [1.54, 1.807) is 11.1 Å². The van der Waals surface area contributed by atoms with Crippen molar-refractivity contribution in [2.45, 2.75) is 90.2 Å². The van der Waals surface area contributed by atoms with Gasteiger partial charge in [-0.15, -0.1) is 0 Å². The molecule has 4 aromatic rings. The quantitative estimate of drug-likeness (QED) is 0.0302. The zero-order valence-electron chi connectivity index (χ0n) is 35.5. The third kappa shape index (κ3) is 23.3. The molecule has 0 aromatic heterocycles. The molecule has 68 heavy (non-hydrogen) atoms. The van der Waals surface area contributed by atoms with Crippen molar-refractivity contribution < 1.29 is 92.3 Å². The molecule has 0 saturated carbocycles. The Bertz CT molecular complexity index is 2000. The number of nitrogens with one attached hydrogen (secondary N) is 4. The number of aliphatic carboxylic acids is 2. The van der Waals surface area contributed by atoms with Gasteiger partial charge in [0.15, 0.2) is 0 Å². The summed E-state index contributed by atoms with van der Waals surface area (Å²) in [6, 6.07) is 23.1. The fourth-order valence-electron chi connectivity index (χ4n) is 6.62. The molecule has 0 amide bonds. The number of carbonyl (C=O) groups is 4. The maximum Gasteiger partial charge on any atom is 0.490 e. The van der Waals surface area contributed by atoms with E-state index in [2.05, 4.69) is 81.9 Å². The number of benzene rings is 4. The highest BCUT2D eigenvalue weighted by molar-refractivity contribution is 5.92. The summed E-state index contributed by atoms with van der Waals surface area (Å²) in [5.41, 5.74) is 8.98. The highest BCUT2D eigenvalue weighted by Crippen LogP contribution is 2.36. The van der Waals surface area contributed by atoms with Crippen LogP contribution < -0.4 is 21.3 Å². The van der Waals surface area contributed by atoms with Crippen molar-refractivity contribution in [3.8, 4) is 0 Å². The van der Waals surface area contributed by atoms with Gasteiger partial charge in [0.25, 0.3) is 12.9 Å². The van der Waals surface area contributed by atoms with E-state index in [-0.39, 0.29) is 20.4 Å². The summed E-state index contributed by atoms with van der Waals surface area (Å²) in [6.45, 7) is 7.91. The van der Waals surface area contributed by atoms with Crippen LogP contribution in [0.15, 0.2) is 60.7 Å². The molecule has 0 radical (unpaired) electrons. The van der Waals surface area contributed by atoms with Crippen molar-refractivity contribution in [2.24, 2.45) is 0 Å². The Hall–Kier alpha value is -5.72. The number of hydrogen-bond acceptors (Lipinski definition) is 8. The monoisotopic (exact) mass is 994 g/mol. The Morgan fingerprint density at radius 3 is 1.01 bits per heavy atom. The second-order valence-corrected chi connectivity index (χ2v) is 14.3. The van der Waals surface area contributed by atoms with Crippen molar-refractivity contribution in [3.63, 3.8) is 0 Å². The molecule has 0 aliphatic heterocycles. The first kappa shape index (κ1) is 62.3. The standard InChI is InChI=1S/C35H44N4.C2F6.2C2HF3O2.2CH2O2.CH4/c1-6-28-10-12-32-22-26(20-30(8-1)34(28)32)24-38-18-4-16-36-14-3-15-37-17-5-19-39-25-27-21-31-9-2-7-29-11-13-33(23-27)35(29)31;3-1(4,5)2(6,7)8;2*3-2(4,5)1(6)7;2*2-1-3;/h1-2,6-9,20-23,36-39H,3-5,10-19,24-25H2;;2*(H,6,7);2*1H,(H,2,3);1H4. The molecule has 12 nitrogen and oxygen atoms in total. The Balaban J connectivity index is 0.00000127. The summed E-state index contributed by atoms with van der Waals surface area (Å²) in [5.74, 6) is -5.51. The van der Waals surface area contributed by atoms with Gasteiger partial charge in [-0.05, 0) is 151 Å². The number of carboxylic acids is 2. The van der Waals surface area contributed by atoms with Gasteiger partial charge in [0.1, 0.15) is 0 Å². The van der Waals surface area contributed by atoms with Crippen LogP contribution in [0.25, 0.3) is 21.5 Å². The molecule has 2 aliphatic carbocycles. The molecule has 6 rings (SSSR count). The molecular weight excluding hydrogens is 940 g/mol. The van der Waals surface area contributed by atoms with E-state index in [9.17, 15) is 52.7 Å². The van der Waals surface area contributed by atoms with Crippen LogP contribution >= 0.6 is 0 Å². The van der Waals surface area contributed by atoms with Crippen molar-refractivity contribution in [1.29, 1.82) is 0 Å². The minimum atomic E-state index is -6.06. The molecule has 0 saturated heterocycles. The zero-order chi connectivity index (χ0) is 50.8. The molecule has 0 spiro atoms. The van der Waals surface area contributed by atoms with E-state index in [0.29, 0.717) is 0 Å². The van der Waals surface area contributed by atoms with Gasteiger partial charge in [-0.1, -0.05) is 56.0 Å². The summed E-state index contributed by atoms with van der Waals surface area (Å²) < 4.78 is 126. The van der Waals surface area contributed by atoms with Gasteiger partial charge >= 0.3 is 36.6 Å². The van der Waals surface area contributed by atoms with E-state index in [4.69, 9.17) is 39.6 Å². The van der Waals surface area contributed by atoms with Gasteiger partial charge in [0, 0.05) is 13.1 Å². The van der Waals surface area contributed by atoms with Crippen LogP contribution in [0.2, 0.25) is 0 Å². The third-order valence-electron chi connectivity index (χ3n) is 9.32. The lowest BCUT2D eigenvalue weighted by Gasteiger charge is -2.10. The van der Waals surface area contributed by atoms with E-state index in [0.717, 1.165) is 52.4 Å². The van der Waals surface area contributed by atoms with Gasteiger partial charge < -0.3 is 41.7 Å². The topological polar surface area (TPSA) is 197 Å². The minimum Gasteiger partial charge on any atom is -0.483 e. The molecule has 4 aromatic carbocycles.